The third kappa shape index (κ3) is 5.72. The maximum atomic E-state index is 11.0. The van der Waals surface area contributed by atoms with Crippen molar-refractivity contribution in [2.45, 2.75) is 13.8 Å². The van der Waals surface area contributed by atoms with Gasteiger partial charge in [0.1, 0.15) is 11.6 Å². The Balaban J connectivity index is 4.25. The monoisotopic (exact) mass is 177 g/mol. The molecule has 0 aliphatic rings. The van der Waals surface area contributed by atoms with Gasteiger partial charge in [0.2, 0.25) is 0 Å². The number of rotatable bonds is 4. The number of carbonyl (C=O) groups excluding carboxylic acids is 2. The molecule has 0 aromatic rings. The van der Waals surface area contributed by atoms with Crippen LogP contribution >= 0.6 is 0 Å². The average Bonchev–Trinajstić information content (AvgIpc) is 1.53. The van der Waals surface area contributed by atoms with E-state index < -0.39 is 9.73 Å². The van der Waals surface area contributed by atoms with Crippen molar-refractivity contribution in [1.29, 1.82) is 4.78 Å². The van der Waals surface area contributed by atoms with E-state index in [0.29, 0.717) is 0 Å². The Hall–Kier alpha value is -0.710. The average molecular weight is 177 g/mol. The SMILES string of the molecule is CC(=O)CS(=N)(=O)CC(C)=O. The summed E-state index contributed by atoms with van der Waals surface area (Å²) in [4.78, 5) is 20.9. The Morgan fingerprint density at radius 3 is 1.64 bits per heavy atom. The fourth-order valence-electron chi connectivity index (χ4n) is 0.708. The number of ketones is 2. The molecule has 0 aromatic carbocycles. The molecule has 0 rings (SSSR count). The van der Waals surface area contributed by atoms with Gasteiger partial charge in [-0.25, -0.2) is 4.21 Å². The molecule has 1 N–H and O–H groups in total. The van der Waals surface area contributed by atoms with Crippen LogP contribution in [0.1, 0.15) is 13.8 Å². The largest absolute Gasteiger partial charge is 0.299 e. The predicted octanol–water partition coefficient (Wildman–Crippen LogP) is 0.211. The van der Waals surface area contributed by atoms with Crippen LogP contribution in [-0.2, 0) is 19.3 Å². The number of carbonyl (C=O) groups is 2. The zero-order valence-electron chi connectivity index (χ0n) is 6.55. The first-order chi connectivity index (χ1) is 4.83. The van der Waals surface area contributed by atoms with E-state index in [0.717, 1.165) is 0 Å². The Labute approximate surface area is 66.0 Å². The summed E-state index contributed by atoms with van der Waals surface area (Å²) in [7, 11) is -2.98. The van der Waals surface area contributed by atoms with Crippen LogP contribution in [0, 0.1) is 4.78 Å². The number of hydrogen-bond acceptors (Lipinski definition) is 4. The smallest absolute Gasteiger partial charge is 0.143 e. The highest BCUT2D eigenvalue weighted by Gasteiger charge is 2.11. The Morgan fingerprint density at radius 2 is 1.45 bits per heavy atom. The molecule has 0 heterocycles. The van der Waals surface area contributed by atoms with Gasteiger partial charge >= 0.3 is 0 Å². The van der Waals surface area contributed by atoms with Crippen molar-refractivity contribution >= 4 is 21.3 Å². The van der Waals surface area contributed by atoms with E-state index in [9.17, 15) is 13.8 Å². The van der Waals surface area contributed by atoms with E-state index in [1.54, 1.807) is 0 Å². The highest BCUT2D eigenvalue weighted by molar-refractivity contribution is 7.93. The number of Topliss-reactive ketones (excluding diaryl/α,β-unsaturated/α-hetero) is 2. The molecule has 0 saturated heterocycles. The van der Waals surface area contributed by atoms with E-state index >= 15 is 0 Å². The topological polar surface area (TPSA) is 75.1 Å². The van der Waals surface area contributed by atoms with Crippen molar-refractivity contribution in [3.05, 3.63) is 0 Å². The van der Waals surface area contributed by atoms with Crippen LogP contribution in [0.2, 0.25) is 0 Å². The number of nitrogens with one attached hydrogen (secondary N) is 1. The van der Waals surface area contributed by atoms with E-state index in [4.69, 9.17) is 4.78 Å². The van der Waals surface area contributed by atoms with Gasteiger partial charge < -0.3 is 0 Å². The van der Waals surface area contributed by atoms with Crippen molar-refractivity contribution in [2.24, 2.45) is 0 Å². The molecular weight excluding hydrogens is 166 g/mol. The van der Waals surface area contributed by atoms with Crippen LogP contribution in [0.5, 0.6) is 0 Å². The minimum absolute atomic E-state index is 0.313. The minimum atomic E-state index is -2.98. The highest BCUT2D eigenvalue weighted by Crippen LogP contribution is 1.92. The third-order valence-electron chi connectivity index (χ3n) is 0.873. The quantitative estimate of drug-likeness (QED) is 0.667. The fourth-order valence-corrected chi connectivity index (χ4v) is 2.12. The molecule has 0 radical (unpaired) electrons. The summed E-state index contributed by atoms with van der Waals surface area (Å²) in [6, 6.07) is 0. The molecule has 0 aliphatic heterocycles. The summed E-state index contributed by atoms with van der Waals surface area (Å²) >= 11 is 0. The second-order valence-corrected chi connectivity index (χ2v) is 4.71. The van der Waals surface area contributed by atoms with Gasteiger partial charge in [-0.15, -0.1) is 0 Å². The van der Waals surface area contributed by atoms with Gasteiger partial charge in [-0.3, -0.25) is 14.4 Å². The van der Waals surface area contributed by atoms with Crippen molar-refractivity contribution < 1.29 is 13.8 Å². The normalized spacial score (nSPS) is 11.1. The van der Waals surface area contributed by atoms with Crippen LogP contribution in [-0.4, -0.2) is 27.3 Å². The van der Waals surface area contributed by atoms with Gasteiger partial charge in [-0.1, -0.05) is 0 Å². The fraction of sp³-hybridized carbons (Fsp3) is 0.667. The molecule has 0 spiro atoms. The summed E-state index contributed by atoms with van der Waals surface area (Å²) < 4.78 is 18.1. The molecule has 5 heteroatoms. The van der Waals surface area contributed by atoms with Crippen LogP contribution in [0.3, 0.4) is 0 Å². The molecule has 0 amide bonds. The van der Waals surface area contributed by atoms with Crippen molar-refractivity contribution in [1.82, 2.24) is 0 Å². The van der Waals surface area contributed by atoms with E-state index in [1.165, 1.54) is 13.8 Å². The summed E-state index contributed by atoms with van der Waals surface area (Å²) in [6.07, 6.45) is 0. The zero-order valence-corrected chi connectivity index (χ0v) is 7.36. The summed E-state index contributed by atoms with van der Waals surface area (Å²) in [5.41, 5.74) is 0. The molecule has 0 atom stereocenters. The third-order valence-corrected chi connectivity index (χ3v) is 2.62. The van der Waals surface area contributed by atoms with E-state index in [1.807, 2.05) is 0 Å². The van der Waals surface area contributed by atoms with Crippen molar-refractivity contribution in [2.75, 3.05) is 11.5 Å². The minimum Gasteiger partial charge on any atom is -0.299 e. The van der Waals surface area contributed by atoms with Crippen molar-refractivity contribution in [3.63, 3.8) is 0 Å². The molecule has 0 fully saturated rings. The van der Waals surface area contributed by atoms with Crippen LogP contribution < -0.4 is 0 Å². The lowest BCUT2D eigenvalue weighted by Crippen LogP contribution is -2.19. The molecular formula is C6H11NO3S. The lowest BCUT2D eigenvalue weighted by molar-refractivity contribution is -0.115. The Morgan fingerprint density at radius 1 is 1.18 bits per heavy atom. The predicted molar refractivity (Wildman–Crippen MR) is 42.0 cm³/mol. The van der Waals surface area contributed by atoms with Gasteiger partial charge in [-0.05, 0) is 13.8 Å². The molecule has 11 heavy (non-hydrogen) atoms. The maximum Gasteiger partial charge on any atom is 0.143 e. The number of hydrogen-bond donors (Lipinski definition) is 1. The molecule has 0 unspecified atom stereocenters. The van der Waals surface area contributed by atoms with Gasteiger partial charge in [0.05, 0.1) is 21.2 Å². The Kier molecular flexibility index (Phi) is 3.38. The summed E-state index contributed by atoms with van der Waals surface area (Å²) in [6.45, 7) is 2.52. The molecule has 0 aliphatic carbocycles. The zero-order chi connectivity index (χ0) is 9.07. The van der Waals surface area contributed by atoms with Crippen LogP contribution in [0.15, 0.2) is 0 Å². The van der Waals surface area contributed by atoms with Gasteiger partial charge in [0.15, 0.2) is 0 Å². The van der Waals surface area contributed by atoms with Gasteiger partial charge in [-0.2, -0.15) is 0 Å². The second-order valence-electron chi connectivity index (χ2n) is 2.50. The van der Waals surface area contributed by atoms with Gasteiger partial charge in [0, 0.05) is 0 Å². The molecule has 4 nitrogen and oxygen atoms in total. The molecule has 0 aromatic heterocycles. The van der Waals surface area contributed by atoms with Crippen LogP contribution in [0.25, 0.3) is 0 Å². The highest BCUT2D eigenvalue weighted by atomic mass is 32.2. The summed E-state index contributed by atoms with van der Waals surface area (Å²) in [5, 5.41) is 0. The maximum absolute atomic E-state index is 11.0. The van der Waals surface area contributed by atoms with E-state index in [2.05, 4.69) is 0 Å². The summed E-state index contributed by atoms with van der Waals surface area (Å²) in [5.74, 6) is -1.25. The lowest BCUT2D eigenvalue weighted by Gasteiger charge is -2.00. The molecule has 0 bridgehead atoms. The van der Waals surface area contributed by atoms with E-state index in [-0.39, 0.29) is 23.1 Å². The first kappa shape index (κ1) is 10.3. The first-order valence-corrected chi connectivity index (χ1v) is 4.96. The second kappa shape index (κ2) is 3.61. The van der Waals surface area contributed by atoms with Gasteiger partial charge in [0.25, 0.3) is 0 Å². The van der Waals surface area contributed by atoms with Crippen LogP contribution in [0.4, 0.5) is 0 Å². The standard InChI is InChI=1S/C6H11NO3S/c1-5(8)3-11(7,10)4-6(2)9/h7H,3-4H2,1-2H3. The van der Waals surface area contributed by atoms with Crippen molar-refractivity contribution in [3.8, 4) is 0 Å². The first-order valence-electron chi connectivity index (χ1n) is 3.06. The Bertz CT molecular complexity index is 244. The lowest BCUT2D eigenvalue weighted by atomic mass is 10.5. The molecule has 64 valence electrons. The molecule has 0 saturated carbocycles.